The SMILES string of the molecule is CCCC(=O)OCC(=O)N(C)CC(=O)Nc1c(C)cccc1C. The first-order valence-electron chi connectivity index (χ1n) is 7.60. The van der Waals surface area contributed by atoms with Crippen LogP contribution in [0, 0.1) is 13.8 Å². The number of rotatable bonds is 7. The molecule has 1 aromatic carbocycles. The Morgan fingerprint density at radius 3 is 2.35 bits per heavy atom. The van der Waals surface area contributed by atoms with Gasteiger partial charge in [-0.1, -0.05) is 25.1 Å². The van der Waals surface area contributed by atoms with E-state index in [1.54, 1.807) is 0 Å². The average molecular weight is 320 g/mol. The van der Waals surface area contributed by atoms with Gasteiger partial charge in [0, 0.05) is 19.2 Å². The molecular weight excluding hydrogens is 296 g/mol. The number of esters is 1. The maximum absolute atomic E-state index is 12.1. The van der Waals surface area contributed by atoms with Gasteiger partial charge in [-0.2, -0.15) is 0 Å². The summed E-state index contributed by atoms with van der Waals surface area (Å²) in [6, 6.07) is 5.73. The van der Waals surface area contributed by atoms with Gasteiger partial charge in [-0.15, -0.1) is 0 Å². The monoisotopic (exact) mass is 320 g/mol. The first kappa shape index (κ1) is 18.7. The number of nitrogens with one attached hydrogen (secondary N) is 1. The number of carbonyl (C=O) groups is 3. The van der Waals surface area contributed by atoms with Crippen LogP contribution in [0.1, 0.15) is 30.9 Å². The standard InChI is InChI=1S/C17H24N2O4/c1-5-7-16(22)23-11-15(21)19(4)10-14(20)18-17-12(2)8-6-9-13(17)3/h6,8-9H,5,7,10-11H2,1-4H3,(H,18,20). The van der Waals surface area contributed by atoms with E-state index in [2.05, 4.69) is 5.32 Å². The molecule has 0 atom stereocenters. The molecule has 0 fully saturated rings. The molecule has 0 aromatic heterocycles. The molecule has 0 spiro atoms. The summed E-state index contributed by atoms with van der Waals surface area (Å²) in [5.74, 6) is -1.11. The Morgan fingerprint density at radius 1 is 1.17 bits per heavy atom. The third-order valence-corrected chi connectivity index (χ3v) is 3.36. The fourth-order valence-electron chi connectivity index (χ4n) is 2.02. The van der Waals surface area contributed by atoms with Crippen LogP contribution in [0.2, 0.25) is 0 Å². The Morgan fingerprint density at radius 2 is 1.78 bits per heavy atom. The van der Waals surface area contributed by atoms with Gasteiger partial charge in [0.2, 0.25) is 5.91 Å². The van der Waals surface area contributed by atoms with Crippen molar-refractivity contribution in [2.24, 2.45) is 0 Å². The van der Waals surface area contributed by atoms with E-state index in [0.717, 1.165) is 16.8 Å². The molecule has 0 saturated carbocycles. The van der Waals surface area contributed by atoms with E-state index < -0.39 is 11.9 Å². The molecule has 0 radical (unpaired) electrons. The molecule has 0 bridgehead atoms. The van der Waals surface area contributed by atoms with Gasteiger partial charge >= 0.3 is 5.97 Å². The predicted molar refractivity (Wildman–Crippen MR) is 88.0 cm³/mol. The third kappa shape index (κ3) is 6.10. The number of hydrogen-bond acceptors (Lipinski definition) is 4. The van der Waals surface area contributed by atoms with E-state index in [1.807, 2.05) is 39.0 Å². The summed E-state index contributed by atoms with van der Waals surface area (Å²) in [6.07, 6.45) is 0.949. The maximum atomic E-state index is 12.1. The zero-order valence-corrected chi connectivity index (χ0v) is 14.1. The summed E-state index contributed by atoms with van der Waals surface area (Å²) in [5, 5.41) is 2.81. The molecule has 1 rings (SSSR count). The Hall–Kier alpha value is -2.37. The molecule has 1 aromatic rings. The minimum absolute atomic E-state index is 0.0993. The first-order valence-corrected chi connectivity index (χ1v) is 7.60. The minimum atomic E-state index is -0.411. The van der Waals surface area contributed by atoms with E-state index in [9.17, 15) is 14.4 Å². The third-order valence-electron chi connectivity index (χ3n) is 3.36. The highest BCUT2D eigenvalue weighted by molar-refractivity contribution is 5.96. The zero-order valence-electron chi connectivity index (χ0n) is 14.1. The number of ether oxygens (including phenoxy) is 1. The van der Waals surface area contributed by atoms with Gasteiger partial charge in [0.15, 0.2) is 6.61 Å². The van der Waals surface area contributed by atoms with Crippen molar-refractivity contribution in [1.82, 2.24) is 4.90 Å². The largest absolute Gasteiger partial charge is 0.456 e. The number of anilines is 1. The van der Waals surface area contributed by atoms with Crippen LogP contribution in [0.5, 0.6) is 0 Å². The topological polar surface area (TPSA) is 75.7 Å². The van der Waals surface area contributed by atoms with Gasteiger partial charge in [-0.05, 0) is 31.4 Å². The van der Waals surface area contributed by atoms with E-state index in [1.165, 1.54) is 11.9 Å². The molecule has 0 saturated heterocycles. The summed E-state index contributed by atoms with van der Waals surface area (Å²) in [6.45, 7) is 5.23. The van der Waals surface area contributed by atoms with Gasteiger partial charge in [0.05, 0.1) is 6.54 Å². The molecular formula is C17H24N2O4. The summed E-state index contributed by atoms with van der Waals surface area (Å²) >= 11 is 0. The lowest BCUT2D eigenvalue weighted by Crippen LogP contribution is -2.37. The smallest absolute Gasteiger partial charge is 0.306 e. The number of likely N-dealkylation sites (N-methyl/N-ethyl adjacent to an activating group) is 1. The maximum Gasteiger partial charge on any atom is 0.306 e. The van der Waals surface area contributed by atoms with E-state index in [4.69, 9.17) is 4.74 Å². The summed E-state index contributed by atoms with van der Waals surface area (Å²) in [4.78, 5) is 36.4. The highest BCUT2D eigenvalue weighted by atomic mass is 16.5. The van der Waals surface area contributed by atoms with Crippen molar-refractivity contribution in [2.75, 3.05) is 25.5 Å². The van der Waals surface area contributed by atoms with Crippen LogP contribution in [-0.4, -0.2) is 42.9 Å². The van der Waals surface area contributed by atoms with E-state index >= 15 is 0 Å². The van der Waals surface area contributed by atoms with Gasteiger partial charge in [-0.25, -0.2) is 0 Å². The van der Waals surface area contributed by atoms with Crippen molar-refractivity contribution in [3.8, 4) is 0 Å². The molecule has 0 aliphatic heterocycles. The summed E-state index contributed by atoms with van der Waals surface area (Å²) < 4.78 is 4.84. The lowest BCUT2D eigenvalue weighted by Gasteiger charge is -2.18. The second kappa shape index (κ2) is 8.92. The van der Waals surface area contributed by atoms with Crippen molar-refractivity contribution in [1.29, 1.82) is 0 Å². The van der Waals surface area contributed by atoms with Crippen LogP contribution < -0.4 is 5.32 Å². The van der Waals surface area contributed by atoms with E-state index in [-0.39, 0.29) is 25.5 Å². The van der Waals surface area contributed by atoms with Crippen molar-refractivity contribution in [3.63, 3.8) is 0 Å². The van der Waals surface area contributed by atoms with Crippen LogP contribution in [0.25, 0.3) is 0 Å². The molecule has 6 nitrogen and oxygen atoms in total. The minimum Gasteiger partial charge on any atom is -0.456 e. The highest BCUT2D eigenvalue weighted by Crippen LogP contribution is 2.19. The number of aryl methyl sites for hydroxylation is 2. The number of carbonyl (C=O) groups excluding carboxylic acids is 3. The molecule has 0 aliphatic rings. The first-order chi connectivity index (χ1) is 10.8. The Kier molecular flexibility index (Phi) is 7.25. The number of para-hydroxylation sites is 1. The van der Waals surface area contributed by atoms with Gasteiger partial charge in [-0.3, -0.25) is 14.4 Å². The molecule has 126 valence electrons. The number of benzene rings is 1. The van der Waals surface area contributed by atoms with Crippen LogP contribution in [0.15, 0.2) is 18.2 Å². The van der Waals surface area contributed by atoms with Crippen molar-refractivity contribution < 1.29 is 19.1 Å². The number of nitrogens with zero attached hydrogens (tertiary/aromatic N) is 1. The van der Waals surface area contributed by atoms with E-state index in [0.29, 0.717) is 6.42 Å². The van der Waals surface area contributed by atoms with Crippen molar-refractivity contribution in [2.45, 2.75) is 33.6 Å². The second-order valence-electron chi connectivity index (χ2n) is 5.48. The fourth-order valence-corrected chi connectivity index (χ4v) is 2.02. The zero-order chi connectivity index (χ0) is 17.4. The Balaban J connectivity index is 2.50. The number of amides is 2. The van der Waals surface area contributed by atoms with Gasteiger partial charge in [0.1, 0.15) is 0 Å². The summed E-state index contributed by atoms with van der Waals surface area (Å²) in [7, 11) is 1.50. The quantitative estimate of drug-likeness (QED) is 0.780. The summed E-state index contributed by atoms with van der Waals surface area (Å²) in [5.41, 5.74) is 2.68. The molecule has 2 amide bonds. The van der Waals surface area contributed by atoms with Crippen LogP contribution >= 0.6 is 0 Å². The van der Waals surface area contributed by atoms with Crippen molar-refractivity contribution >= 4 is 23.5 Å². The van der Waals surface area contributed by atoms with Crippen LogP contribution in [-0.2, 0) is 19.1 Å². The lowest BCUT2D eigenvalue weighted by molar-refractivity contribution is -0.151. The van der Waals surface area contributed by atoms with Crippen LogP contribution in [0.4, 0.5) is 5.69 Å². The Labute approximate surface area is 136 Å². The molecule has 0 heterocycles. The Bertz CT molecular complexity index is 564. The average Bonchev–Trinajstić information content (AvgIpc) is 2.49. The second-order valence-corrected chi connectivity index (χ2v) is 5.48. The molecule has 6 heteroatoms. The molecule has 0 unspecified atom stereocenters. The fraction of sp³-hybridized carbons (Fsp3) is 0.471. The predicted octanol–water partition coefficient (Wildman–Crippen LogP) is 2.04. The van der Waals surface area contributed by atoms with Gasteiger partial charge < -0.3 is 15.0 Å². The van der Waals surface area contributed by atoms with Gasteiger partial charge in [0.25, 0.3) is 5.91 Å². The highest BCUT2D eigenvalue weighted by Gasteiger charge is 2.16. The molecule has 23 heavy (non-hydrogen) atoms. The number of hydrogen-bond donors (Lipinski definition) is 1. The van der Waals surface area contributed by atoms with Crippen molar-refractivity contribution in [3.05, 3.63) is 29.3 Å². The molecule has 0 aliphatic carbocycles. The molecule has 1 N–H and O–H groups in total. The van der Waals surface area contributed by atoms with Crippen LogP contribution in [0.3, 0.4) is 0 Å². The normalized spacial score (nSPS) is 10.1. The lowest BCUT2D eigenvalue weighted by atomic mass is 10.1.